The second-order valence-electron chi connectivity index (χ2n) is 3.37. The van der Waals surface area contributed by atoms with Gasteiger partial charge in [-0.1, -0.05) is 0 Å². The number of benzene rings is 1. The summed E-state index contributed by atoms with van der Waals surface area (Å²) in [4.78, 5) is 16.4. The maximum absolute atomic E-state index is 11.6. The number of halogens is 1. The molecule has 18 heavy (non-hydrogen) atoms. The van der Waals surface area contributed by atoms with Crippen molar-refractivity contribution in [1.82, 2.24) is 4.98 Å². The molecule has 4 nitrogen and oxygen atoms in total. The molecular formula is C12H10BrNO3S. The van der Waals surface area contributed by atoms with Crippen LogP contribution in [0.15, 0.2) is 28.2 Å². The number of carbonyl (C=O) groups is 1. The number of esters is 1. The predicted molar refractivity (Wildman–Crippen MR) is 73.1 cm³/mol. The van der Waals surface area contributed by atoms with E-state index in [1.54, 1.807) is 12.6 Å². The van der Waals surface area contributed by atoms with E-state index in [0.29, 0.717) is 5.69 Å². The quantitative estimate of drug-likeness (QED) is 0.811. The number of hydrogen-bond acceptors (Lipinski definition) is 5. The molecule has 0 N–H and O–H groups in total. The van der Waals surface area contributed by atoms with E-state index in [2.05, 4.69) is 20.9 Å². The van der Waals surface area contributed by atoms with Crippen LogP contribution in [0.5, 0.6) is 5.75 Å². The molecule has 0 spiro atoms. The normalized spacial score (nSPS) is 10.2. The molecule has 6 heteroatoms. The summed E-state index contributed by atoms with van der Waals surface area (Å²) in [6.07, 6.45) is 0. The van der Waals surface area contributed by atoms with Crippen LogP contribution in [0.3, 0.4) is 0 Å². The van der Waals surface area contributed by atoms with Crippen LogP contribution in [-0.2, 0) is 4.74 Å². The van der Waals surface area contributed by atoms with Gasteiger partial charge in [0.2, 0.25) is 0 Å². The van der Waals surface area contributed by atoms with Crippen molar-refractivity contribution in [2.75, 3.05) is 14.2 Å². The topological polar surface area (TPSA) is 48.4 Å². The van der Waals surface area contributed by atoms with Crippen molar-refractivity contribution in [3.63, 3.8) is 0 Å². The molecule has 0 unspecified atom stereocenters. The first kappa shape index (κ1) is 13.0. The Balaban J connectivity index is 2.46. The summed E-state index contributed by atoms with van der Waals surface area (Å²) in [6, 6.07) is 5.60. The van der Waals surface area contributed by atoms with Crippen LogP contribution in [0, 0.1) is 0 Å². The smallest absolute Gasteiger partial charge is 0.358 e. The minimum Gasteiger partial charge on any atom is -0.496 e. The van der Waals surface area contributed by atoms with Gasteiger partial charge in [0.25, 0.3) is 0 Å². The summed E-state index contributed by atoms with van der Waals surface area (Å²) in [5.74, 6) is 0.307. The number of hydrogen-bond donors (Lipinski definition) is 0. The molecule has 2 aromatic rings. The molecule has 0 fully saturated rings. The lowest BCUT2D eigenvalue weighted by molar-refractivity contribution is 0.0596. The SMILES string of the molecule is COC(=O)c1ncsc1-c1ccc(OC)c(Br)c1. The largest absolute Gasteiger partial charge is 0.496 e. The molecule has 2 rings (SSSR count). The van der Waals surface area contributed by atoms with E-state index in [4.69, 9.17) is 9.47 Å². The van der Waals surface area contributed by atoms with Crippen LogP contribution in [-0.4, -0.2) is 25.2 Å². The van der Waals surface area contributed by atoms with Crippen molar-refractivity contribution in [3.8, 4) is 16.2 Å². The van der Waals surface area contributed by atoms with E-state index in [9.17, 15) is 4.79 Å². The number of thiazole rings is 1. The number of nitrogens with zero attached hydrogens (tertiary/aromatic N) is 1. The molecule has 0 saturated carbocycles. The molecular weight excluding hydrogens is 318 g/mol. The summed E-state index contributed by atoms with van der Waals surface area (Å²) >= 11 is 4.81. The van der Waals surface area contributed by atoms with Gasteiger partial charge < -0.3 is 9.47 Å². The van der Waals surface area contributed by atoms with Gasteiger partial charge in [0.05, 0.1) is 29.1 Å². The summed E-state index contributed by atoms with van der Waals surface area (Å²) in [5.41, 5.74) is 2.85. The Bertz CT molecular complexity index is 582. The van der Waals surface area contributed by atoms with Gasteiger partial charge in [0.15, 0.2) is 5.69 Å². The number of ether oxygens (including phenoxy) is 2. The zero-order valence-electron chi connectivity index (χ0n) is 9.77. The van der Waals surface area contributed by atoms with Crippen LogP contribution in [0.25, 0.3) is 10.4 Å². The maximum Gasteiger partial charge on any atom is 0.358 e. The van der Waals surface area contributed by atoms with Gasteiger partial charge in [-0.05, 0) is 39.7 Å². The maximum atomic E-state index is 11.6. The third-order valence-electron chi connectivity index (χ3n) is 2.36. The van der Waals surface area contributed by atoms with Crippen LogP contribution < -0.4 is 4.74 Å². The second-order valence-corrected chi connectivity index (χ2v) is 5.08. The van der Waals surface area contributed by atoms with Gasteiger partial charge in [-0.2, -0.15) is 0 Å². The van der Waals surface area contributed by atoms with Crippen LogP contribution in [0.2, 0.25) is 0 Å². The van der Waals surface area contributed by atoms with Crippen molar-refractivity contribution in [2.45, 2.75) is 0 Å². The molecule has 0 bridgehead atoms. The van der Waals surface area contributed by atoms with Crippen LogP contribution in [0.1, 0.15) is 10.5 Å². The van der Waals surface area contributed by atoms with Crippen LogP contribution >= 0.6 is 27.3 Å². The fourth-order valence-electron chi connectivity index (χ4n) is 1.50. The van der Waals surface area contributed by atoms with Crippen LogP contribution in [0.4, 0.5) is 0 Å². The van der Waals surface area contributed by atoms with E-state index in [-0.39, 0.29) is 0 Å². The Hall–Kier alpha value is -1.40. The lowest BCUT2D eigenvalue weighted by atomic mass is 10.1. The molecule has 1 aromatic carbocycles. The molecule has 1 aromatic heterocycles. The second kappa shape index (κ2) is 5.49. The number of methoxy groups -OCH3 is 2. The molecule has 1 heterocycles. The zero-order chi connectivity index (χ0) is 13.1. The minimum atomic E-state index is -0.432. The number of rotatable bonds is 3. The van der Waals surface area contributed by atoms with Crippen molar-refractivity contribution in [3.05, 3.63) is 33.9 Å². The summed E-state index contributed by atoms with van der Waals surface area (Å²) in [5, 5.41) is 0. The average Bonchev–Trinajstić information content (AvgIpc) is 2.86. The van der Waals surface area contributed by atoms with E-state index < -0.39 is 5.97 Å². The Morgan fingerprint density at radius 1 is 1.39 bits per heavy atom. The van der Waals surface area contributed by atoms with E-state index in [1.165, 1.54) is 18.4 Å². The zero-order valence-corrected chi connectivity index (χ0v) is 12.2. The van der Waals surface area contributed by atoms with Crippen molar-refractivity contribution in [1.29, 1.82) is 0 Å². The number of carbonyl (C=O) groups excluding carboxylic acids is 1. The third kappa shape index (κ3) is 2.39. The van der Waals surface area contributed by atoms with Crippen molar-refractivity contribution < 1.29 is 14.3 Å². The summed E-state index contributed by atoms with van der Waals surface area (Å²) < 4.78 is 10.7. The van der Waals surface area contributed by atoms with Crippen molar-refractivity contribution >= 4 is 33.2 Å². The third-order valence-corrected chi connectivity index (χ3v) is 3.86. The molecule has 0 aliphatic heterocycles. The first-order valence-corrected chi connectivity index (χ1v) is 6.70. The minimum absolute atomic E-state index is 0.333. The summed E-state index contributed by atoms with van der Waals surface area (Å²) in [6.45, 7) is 0. The highest BCUT2D eigenvalue weighted by atomic mass is 79.9. The Morgan fingerprint density at radius 3 is 2.78 bits per heavy atom. The fourth-order valence-corrected chi connectivity index (χ4v) is 2.82. The lowest BCUT2D eigenvalue weighted by Crippen LogP contribution is -2.02. The Kier molecular flexibility index (Phi) is 3.98. The van der Waals surface area contributed by atoms with Gasteiger partial charge in [-0.15, -0.1) is 11.3 Å². The van der Waals surface area contributed by atoms with Gasteiger partial charge in [-0.3, -0.25) is 0 Å². The summed E-state index contributed by atoms with van der Waals surface area (Å²) in [7, 11) is 2.95. The Labute approximate surface area is 117 Å². The van der Waals surface area contributed by atoms with Gasteiger partial charge in [-0.25, -0.2) is 9.78 Å². The highest BCUT2D eigenvalue weighted by Gasteiger charge is 2.17. The fraction of sp³-hybridized carbons (Fsp3) is 0.167. The van der Waals surface area contributed by atoms with Gasteiger partial charge in [0.1, 0.15) is 5.75 Å². The van der Waals surface area contributed by atoms with Crippen molar-refractivity contribution in [2.24, 2.45) is 0 Å². The molecule has 94 valence electrons. The molecule has 0 radical (unpaired) electrons. The predicted octanol–water partition coefficient (Wildman–Crippen LogP) is 3.37. The van der Waals surface area contributed by atoms with Gasteiger partial charge >= 0.3 is 5.97 Å². The highest BCUT2D eigenvalue weighted by molar-refractivity contribution is 9.10. The number of aromatic nitrogens is 1. The van der Waals surface area contributed by atoms with E-state index in [1.807, 2.05) is 18.2 Å². The average molecular weight is 328 g/mol. The molecule has 0 amide bonds. The standard InChI is InChI=1S/C12H10BrNO3S/c1-16-9-4-3-7(5-8(9)13)11-10(12(15)17-2)14-6-18-11/h3-6H,1-2H3. The highest BCUT2D eigenvalue weighted by Crippen LogP contribution is 2.34. The molecule has 0 saturated heterocycles. The first-order chi connectivity index (χ1) is 8.67. The molecule has 0 atom stereocenters. The van der Waals surface area contributed by atoms with Gasteiger partial charge in [0, 0.05) is 0 Å². The van der Waals surface area contributed by atoms with E-state index in [0.717, 1.165) is 20.7 Å². The lowest BCUT2D eigenvalue weighted by Gasteiger charge is -2.06. The van der Waals surface area contributed by atoms with E-state index >= 15 is 0 Å². The molecule has 0 aliphatic rings. The Morgan fingerprint density at radius 2 is 2.17 bits per heavy atom. The monoisotopic (exact) mass is 327 g/mol. The first-order valence-electron chi connectivity index (χ1n) is 5.03. The molecule has 0 aliphatic carbocycles.